The van der Waals surface area contributed by atoms with Gasteiger partial charge in [0.25, 0.3) is 0 Å². The highest BCUT2D eigenvalue weighted by Gasteiger charge is 2.09. The summed E-state index contributed by atoms with van der Waals surface area (Å²) in [5, 5.41) is 3.06. The topological polar surface area (TPSA) is 47.6 Å². The smallest absolute Gasteiger partial charge is 0.248 e. The highest BCUT2D eigenvalue weighted by molar-refractivity contribution is 6.02. The second-order valence-electron chi connectivity index (χ2n) is 6.82. The number of rotatable bonds is 11. The van der Waals surface area contributed by atoms with E-state index in [1.54, 1.807) is 12.2 Å². The van der Waals surface area contributed by atoms with Crippen LogP contribution < -0.4 is 14.8 Å². The Bertz CT molecular complexity index is 805. The van der Waals surface area contributed by atoms with Crippen LogP contribution in [0.15, 0.2) is 42.5 Å². The molecule has 0 saturated heterocycles. The molecule has 0 heterocycles. The summed E-state index contributed by atoms with van der Waals surface area (Å²) in [6.45, 7) is 9.51. The summed E-state index contributed by atoms with van der Waals surface area (Å²) in [6, 6.07) is 11.9. The average Bonchev–Trinajstić information content (AvgIpc) is 2.74. The van der Waals surface area contributed by atoms with E-state index in [-0.39, 0.29) is 5.91 Å². The average molecular weight is 396 g/mol. The Labute approximate surface area is 174 Å². The molecule has 0 aromatic heterocycles. The van der Waals surface area contributed by atoms with Gasteiger partial charge in [0.2, 0.25) is 5.91 Å². The maximum atomic E-state index is 12.5. The van der Waals surface area contributed by atoms with Crippen LogP contribution in [0.4, 0.5) is 5.69 Å². The fourth-order valence-electron chi connectivity index (χ4n) is 3.08. The van der Waals surface area contributed by atoms with Crippen molar-refractivity contribution < 1.29 is 14.3 Å². The Hall–Kier alpha value is -2.75. The Morgan fingerprint density at radius 3 is 2.31 bits per heavy atom. The third-order valence-corrected chi connectivity index (χ3v) is 4.70. The van der Waals surface area contributed by atoms with E-state index in [1.807, 2.05) is 31.2 Å². The van der Waals surface area contributed by atoms with Crippen LogP contribution in [0, 0.1) is 0 Å². The number of ether oxygens (including phenoxy) is 2. The van der Waals surface area contributed by atoms with E-state index in [0.29, 0.717) is 19.0 Å². The zero-order valence-corrected chi connectivity index (χ0v) is 18.1. The summed E-state index contributed by atoms with van der Waals surface area (Å²) in [6.07, 6.45) is 7.21. The van der Waals surface area contributed by atoms with Crippen LogP contribution in [0.5, 0.6) is 11.5 Å². The minimum Gasteiger partial charge on any atom is -0.490 e. The van der Waals surface area contributed by atoms with Gasteiger partial charge < -0.3 is 14.8 Å². The van der Waals surface area contributed by atoms with Crippen molar-refractivity contribution in [3.8, 4) is 11.5 Å². The molecule has 0 bridgehead atoms. The first-order valence-electron chi connectivity index (χ1n) is 10.6. The number of unbranched alkanes of at least 4 members (excludes halogenated alkanes) is 1. The van der Waals surface area contributed by atoms with Gasteiger partial charge in [0, 0.05) is 11.8 Å². The number of para-hydroxylation sites is 1. The minimum atomic E-state index is -0.137. The molecule has 0 unspecified atom stereocenters. The first kappa shape index (κ1) is 22.5. The van der Waals surface area contributed by atoms with E-state index in [2.05, 4.69) is 38.2 Å². The molecule has 0 aliphatic heterocycles. The van der Waals surface area contributed by atoms with Gasteiger partial charge in [0.05, 0.1) is 13.2 Å². The van der Waals surface area contributed by atoms with E-state index >= 15 is 0 Å². The van der Waals surface area contributed by atoms with E-state index in [9.17, 15) is 4.79 Å². The lowest BCUT2D eigenvalue weighted by molar-refractivity contribution is -0.111. The van der Waals surface area contributed by atoms with Gasteiger partial charge in [0.1, 0.15) is 0 Å². The van der Waals surface area contributed by atoms with Gasteiger partial charge in [-0.15, -0.1) is 0 Å². The molecule has 0 aliphatic rings. The van der Waals surface area contributed by atoms with Crippen LogP contribution in [0.25, 0.3) is 6.08 Å². The third-order valence-electron chi connectivity index (χ3n) is 4.70. The predicted octanol–water partition coefficient (Wildman–Crippen LogP) is 6.04. The van der Waals surface area contributed by atoms with Gasteiger partial charge in [-0.05, 0) is 61.1 Å². The molecule has 0 spiro atoms. The number of anilines is 1. The van der Waals surface area contributed by atoms with Crippen LogP contribution in [0.1, 0.15) is 57.2 Å². The van der Waals surface area contributed by atoms with E-state index in [4.69, 9.17) is 9.47 Å². The van der Waals surface area contributed by atoms with Crippen LogP contribution in [0.3, 0.4) is 0 Å². The summed E-state index contributed by atoms with van der Waals surface area (Å²) < 4.78 is 11.5. The standard InChI is InChI=1S/C25H33NO3/c1-5-9-17-29-22-15-13-19(18-23(22)28-8-4)14-16-24(27)26-25-20(6-2)11-10-12-21(25)7-3/h10-16,18H,5-9,17H2,1-4H3,(H,26,27)/b16-14+. The fourth-order valence-corrected chi connectivity index (χ4v) is 3.08. The lowest BCUT2D eigenvalue weighted by Gasteiger charge is -2.13. The van der Waals surface area contributed by atoms with Crippen LogP contribution in [-0.2, 0) is 17.6 Å². The van der Waals surface area contributed by atoms with Crippen molar-refractivity contribution in [3.05, 3.63) is 59.2 Å². The molecule has 4 nitrogen and oxygen atoms in total. The van der Waals surface area contributed by atoms with Crippen LogP contribution >= 0.6 is 0 Å². The molecule has 0 fully saturated rings. The summed E-state index contributed by atoms with van der Waals surface area (Å²) in [4.78, 5) is 12.5. The molecule has 0 atom stereocenters. The molecule has 2 aromatic rings. The van der Waals surface area contributed by atoms with Crippen LogP contribution in [0.2, 0.25) is 0 Å². The number of hydrogen-bond acceptors (Lipinski definition) is 3. The number of amides is 1. The molecule has 0 aliphatic carbocycles. The number of benzene rings is 2. The van der Waals surface area contributed by atoms with Gasteiger partial charge in [-0.1, -0.05) is 51.5 Å². The molecule has 0 saturated carbocycles. The molecule has 4 heteroatoms. The first-order valence-corrected chi connectivity index (χ1v) is 10.6. The van der Waals surface area contributed by atoms with Crippen molar-refractivity contribution in [2.75, 3.05) is 18.5 Å². The maximum absolute atomic E-state index is 12.5. The molecular formula is C25H33NO3. The molecule has 1 amide bonds. The maximum Gasteiger partial charge on any atom is 0.248 e. The monoisotopic (exact) mass is 395 g/mol. The fraction of sp³-hybridized carbons (Fsp3) is 0.400. The molecule has 2 rings (SSSR count). The molecule has 1 N–H and O–H groups in total. The van der Waals surface area contributed by atoms with Gasteiger partial charge in [-0.25, -0.2) is 0 Å². The SMILES string of the molecule is CCCCOc1ccc(/C=C/C(=O)Nc2c(CC)cccc2CC)cc1OCC. The number of carbonyl (C=O) groups is 1. The zero-order chi connectivity index (χ0) is 21.1. The Morgan fingerprint density at radius 2 is 1.69 bits per heavy atom. The number of nitrogens with one attached hydrogen (secondary N) is 1. The second kappa shape index (κ2) is 11.9. The molecule has 0 radical (unpaired) electrons. The molecule has 29 heavy (non-hydrogen) atoms. The highest BCUT2D eigenvalue weighted by atomic mass is 16.5. The lowest BCUT2D eigenvalue weighted by atomic mass is 10.0. The summed E-state index contributed by atoms with van der Waals surface area (Å²) in [7, 11) is 0. The molecule has 156 valence electrons. The number of aryl methyl sites for hydroxylation is 2. The number of carbonyl (C=O) groups excluding carboxylic acids is 1. The summed E-state index contributed by atoms with van der Waals surface area (Å²) in [5.74, 6) is 1.31. The van der Waals surface area contributed by atoms with E-state index < -0.39 is 0 Å². The van der Waals surface area contributed by atoms with Gasteiger partial charge >= 0.3 is 0 Å². The van der Waals surface area contributed by atoms with Crippen molar-refractivity contribution in [2.24, 2.45) is 0 Å². The van der Waals surface area contributed by atoms with Crippen molar-refractivity contribution in [3.63, 3.8) is 0 Å². The van der Waals surface area contributed by atoms with Crippen LogP contribution in [-0.4, -0.2) is 19.1 Å². The van der Waals surface area contributed by atoms with Crippen molar-refractivity contribution >= 4 is 17.7 Å². The lowest BCUT2D eigenvalue weighted by Crippen LogP contribution is -2.11. The first-order chi connectivity index (χ1) is 14.1. The second-order valence-corrected chi connectivity index (χ2v) is 6.82. The van der Waals surface area contributed by atoms with Crippen molar-refractivity contribution in [1.29, 1.82) is 0 Å². The normalized spacial score (nSPS) is 10.9. The summed E-state index contributed by atoms with van der Waals surface area (Å²) in [5.41, 5.74) is 4.13. The minimum absolute atomic E-state index is 0.137. The Morgan fingerprint density at radius 1 is 0.966 bits per heavy atom. The number of hydrogen-bond donors (Lipinski definition) is 1. The Balaban J connectivity index is 2.13. The van der Waals surface area contributed by atoms with Gasteiger partial charge in [-0.2, -0.15) is 0 Å². The third kappa shape index (κ3) is 6.67. The van der Waals surface area contributed by atoms with Crippen molar-refractivity contribution in [2.45, 2.75) is 53.4 Å². The molecular weight excluding hydrogens is 362 g/mol. The predicted molar refractivity (Wildman–Crippen MR) is 121 cm³/mol. The highest BCUT2D eigenvalue weighted by Crippen LogP contribution is 2.29. The molecule has 2 aromatic carbocycles. The van der Waals surface area contributed by atoms with Gasteiger partial charge in [-0.3, -0.25) is 4.79 Å². The quantitative estimate of drug-likeness (QED) is 0.373. The Kier molecular flexibility index (Phi) is 9.29. The largest absolute Gasteiger partial charge is 0.490 e. The van der Waals surface area contributed by atoms with E-state index in [0.717, 1.165) is 53.8 Å². The summed E-state index contributed by atoms with van der Waals surface area (Å²) >= 11 is 0. The van der Waals surface area contributed by atoms with Gasteiger partial charge in [0.15, 0.2) is 11.5 Å². The zero-order valence-electron chi connectivity index (χ0n) is 18.1. The van der Waals surface area contributed by atoms with E-state index in [1.165, 1.54) is 0 Å². The van der Waals surface area contributed by atoms with Crippen molar-refractivity contribution in [1.82, 2.24) is 0 Å².